The van der Waals surface area contributed by atoms with Gasteiger partial charge >= 0.3 is 5.97 Å². The van der Waals surface area contributed by atoms with Crippen LogP contribution in [0.1, 0.15) is 10.5 Å². The summed E-state index contributed by atoms with van der Waals surface area (Å²) < 4.78 is 6.64. The highest BCUT2D eigenvalue weighted by Crippen LogP contribution is 2.20. The highest BCUT2D eigenvalue weighted by molar-refractivity contribution is 9.10. The fraction of sp³-hybridized carbons (Fsp3) is 0.125. The minimum Gasteiger partial charge on any atom is -0.464 e. The van der Waals surface area contributed by atoms with Gasteiger partial charge in [-0.1, -0.05) is 0 Å². The average Bonchev–Trinajstić information content (AvgIpc) is 2.66. The molecule has 0 saturated carbocycles. The van der Waals surface area contributed by atoms with Gasteiger partial charge in [0.2, 0.25) is 0 Å². The van der Waals surface area contributed by atoms with Gasteiger partial charge in [-0.25, -0.2) is 14.8 Å². The number of carbonyl (C=O) groups is 1. The van der Waals surface area contributed by atoms with Crippen LogP contribution in [-0.4, -0.2) is 27.4 Å². The molecule has 2 rings (SSSR count). The first-order valence-electron chi connectivity index (χ1n) is 4.00. The number of nitrogens with zero attached hydrogens (tertiary/aromatic N) is 3. The largest absolute Gasteiger partial charge is 0.464 e. The molecule has 0 aliphatic carbocycles. The molecule has 0 unspecified atom stereocenters. The first-order chi connectivity index (χ1) is 7.15. The topological polar surface area (TPSA) is 82.5 Å². The number of hydrogen-bond donors (Lipinski definition) is 1. The number of aromatic nitrogens is 3. The summed E-state index contributed by atoms with van der Waals surface area (Å²) in [5.41, 5.74) is 6.45. The summed E-state index contributed by atoms with van der Waals surface area (Å²) in [5, 5.41) is 0. The van der Waals surface area contributed by atoms with E-state index in [4.69, 9.17) is 5.73 Å². The van der Waals surface area contributed by atoms with Crippen LogP contribution in [0.25, 0.3) is 5.52 Å². The zero-order valence-corrected chi connectivity index (χ0v) is 9.35. The third-order valence-electron chi connectivity index (χ3n) is 1.95. The molecule has 0 radical (unpaired) electrons. The lowest BCUT2D eigenvalue weighted by molar-refractivity contribution is 0.0597. The molecule has 0 spiro atoms. The average molecular weight is 271 g/mol. The summed E-state index contributed by atoms with van der Waals surface area (Å²) in [6, 6.07) is 0. The van der Waals surface area contributed by atoms with E-state index in [-0.39, 0.29) is 5.69 Å². The summed E-state index contributed by atoms with van der Waals surface area (Å²) in [6.07, 6.45) is 2.95. The minimum atomic E-state index is -0.513. The number of imidazole rings is 1. The van der Waals surface area contributed by atoms with E-state index in [1.54, 1.807) is 4.40 Å². The zero-order valence-electron chi connectivity index (χ0n) is 7.77. The standard InChI is InChI=1S/C8H7BrN4O2/c1-15-8(14)5-4-2-11-6(9)7(10)13(4)3-12-5/h2-3H,10H2,1H3. The summed E-state index contributed by atoms with van der Waals surface area (Å²) >= 11 is 3.18. The number of methoxy groups -OCH3 is 1. The molecule has 6 nitrogen and oxygen atoms in total. The van der Waals surface area contributed by atoms with Crippen LogP contribution < -0.4 is 5.73 Å². The van der Waals surface area contributed by atoms with Crippen LogP contribution in [0.5, 0.6) is 0 Å². The minimum absolute atomic E-state index is 0.198. The van der Waals surface area contributed by atoms with Gasteiger partial charge in [0.25, 0.3) is 0 Å². The number of nitrogens with two attached hydrogens (primary N) is 1. The molecule has 15 heavy (non-hydrogen) atoms. The second-order valence-corrected chi connectivity index (χ2v) is 3.53. The Morgan fingerprint density at radius 3 is 3.00 bits per heavy atom. The van der Waals surface area contributed by atoms with Crippen molar-refractivity contribution in [2.24, 2.45) is 0 Å². The predicted octanol–water partition coefficient (Wildman–Crippen LogP) is 0.861. The van der Waals surface area contributed by atoms with Crippen LogP contribution in [0.2, 0.25) is 0 Å². The third-order valence-corrected chi connectivity index (χ3v) is 2.57. The summed E-state index contributed by atoms with van der Waals surface area (Å²) in [7, 11) is 1.29. The molecule has 2 N–H and O–H groups in total. The molecule has 2 aromatic heterocycles. The van der Waals surface area contributed by atoms with Gasteiger partial charge in [0.15, 0.2) is 5.69 Å². The van der Waals surface area contributed by atoms with Gasteiger partial charge in [-0.3, -0.25) is 4.40 Å². The summed E-state index contributed by atoms with van der Waals surface area (Å²) in [4.78, 5) is 19.2. The Bertz CT molecular complexity index is 537. The van der Waals surface area contributed by atoms with E-state index in [9.17, 15) is 4.79 Å². The van der Waals surface area contributed by atoms with Crippen molar-refractivity contribution < 1.29 is 9.53 Å². The van der Waals surface area contributed by atoms with Crippen molar-refractivity contribution in [3.05, 3.63) is 22.8 Å². The highest BCUT2D eigenvalue weighted by Gasteiger charge is 2.15. The van der Waals surface area contributed by atoms with Gasteiger partial charge in [-0.15, -0.1) is 0 Å². The van der Waals surface area contributed by atoms with Crippen molar-refractivity contribution in [2.75, 3.05) is 12.8 Å². The Kier molecular flexibility index (Phi) is 2.31. The van der Waals surface area contributed by atoms with Crippen molar-refractivity contribution >= 4 is 33.2 Å². The fourth-order valence-electron chi connectivity index (χ4n) is 1.21. The van der Waals surface area contributed by atoms with Crippen LogP contribution in [0, 0.1) is 0 Å². The number of carbonyl (C=O) groups excluding carboxylic acids is 1. The molecule has 0 saturated heterocycles. The van der Waals surface area contributed by atoms with E-state index in [1.165, 1.54) is 19.6 Å². The number of esters is 1. The van der Waals surface area contributed by atoms with Crippen LogP contribution in [0.15, 0.2) is 17.1 Å². The van der Waals surface area contributed by atoms with Crippen LogP contribution in [-0.2, 0) is 4.74 Å². The lowest BCUT2D eigenvalue weighted by atomic mass is 10.4. The fourth-order valence-corrected chi connectivity index (χ4v) is 1.50. The predicted molar refractivity (Wildman–Crippen MR) is 56.4 cm³/mol. The number of nitrogen functional groups attached to an aromatic ring is 1. The van der Waals surface area contributed by atoms with Gasteiger partial charge in [0, 0.05) is 0 Å². The second kappa shape index (κ2) is 3.50. The number of halogens is 1. The smallest absolute Gasteiger partial charge is 0.358 e. The Hall–Kier alpha value is -1.63. The second-order valence-electron chi connectivity index (χ2n) is 2.77. The molecule has 2 aromatic rings. The van der Waals surface area contributed by atoms with Crippen LogP contribution in [0.3, 0.4) is 0 Å². The van der Waals surface area contributed by atoms with Gasteiger partial charge in [-0.2, -0.15) is 0 Å². The van der Waals surface area contributed by atoms with Gasteiger partial charge in [0.05, 0.1) is 13.3 Å². The monoisotopic (exact) mass is 270 g/mol. The molecule has 0 atom stereocenters. The number of anilines is 1. The van der Waals surface area contributed by atoms with Crippen LogP contribution in [0.4, 0.5) is 5.82 Å². The molecule has 0 aliphatic heterocycles. The van der Waals surface area contributed by atoms with Gasteiger partial charge < -0.3 is 10.5 Å². The number of rotatable bonds is 1. The van der Waals surface area contributed by atoms with E-state index >= 15 is 0 Å². The van der Waals surface area contributed by atoms with Crippen molar-refractivity contribution in [3.63, 3.8) is 0 Å². The molecule has 0 aliphatic rings. The van der Waals surface area contributed by atoms with E-state index < -0.39 is 5.97 Å². The Morgan fingerprint density at radius 2 is 2.33 bits per heavy atom. The summed E-state index contributed by atoms with van der Waals surface area (Å²) in [6.45, 7) is 0. The maximum Gasteiger partial charge on any atom is 0.358 e. The maximum atomic E-state index is 11.3. The van der Waals surface area contributed by atoms with E-state index in [0.717, 1.165) is 0 Å². The van der Waals surface area contributed by atoms with Crippen molar-refractivity contribution in [2.45, 2.75) is 0 Å². The number of hydrogen-bond acceptors (Lipinski definition) is 5. The van der Waals surface area contributed by atoms with Crippen molar-refractivity contribution in [1.29, 1.82) is 0 Å². The first kappa shape index (κ1) is 9.91. The Labute approximate surface area is 93.2 Å². The quantitative estimate of drug-likeness (QED) is 0.778. The molecule has 0 aromatic carbocycles. The molecule has 7 heteroatoms. The van der Waals surface area contributed by atoms with E-state index in [1.807, 2.05) is 0 Å². The lowest BCUT2D eigenvalue weighted by Gasteiger charge is -2.01. The van der Waals surface area contributed by atoms with Crippen molar-refractivity contribution in [1.82, 2.24) is 14.4 Å². The maximum absolute atomic E-state index is 11.3. The Balaban J connectivity index is 2.72. The van der Waals surface area contributed by atoms with Crippen molar-refractivity contribution in [3.8, 4) is 0 Å². The molecular weight excluding hydrogens is 264 g/mol. The molecule has 78 valence electrons. The third kappa shape index (κ3) is 1.44. The number of fused-ring (bicyclic) bond motifs is 1. The van der Waals surface area contributed by atoms with Gasteiger partial charge in [-0.05, 0) is 15.9 Å². The summed E-state index contributed by atoms with van der Waals surface area (Å²) in [5.74, 6) is -0.129. The van der Waals surface area contributed by atoms with Gasteiger partial charge in [0.1, 0.15) is 22.3 Å². The molecule has 0 fully saturated rings. The highest BCUT2D eigenvalue weighted by atomic mass is 79.9. The lowest BCUT2D eigenvalue weighted by Crippen LogP contribution is -2.04. The zero-order chi connectivity index (χ0) is 11.0. The van der Waals surface area contributed by atoms with E-state index in [0.29, 0.717) is 15.9 Å². The Morgan fingerprint density at radius 1 is 1.60 bits per heavy atom. The van der Waals surface area contributed by atoms with E-state index in [2.05, 4.69) is 30.6 Å². The first-order valence-corrected chi connectivity index (χ1v) is 4.79. The molecule has 2 heterocycles. The SMILES string of the molecule is COC(=O)c1ncn2c(N)c(Br)ncc12. The molecule has 0 bridgehead atoms. The van der Waals surface area contributed by atoms with Crippen LogP contribution >= 0.6 is 15.9 Å². The molecular formula is C8H7BrN4O2. The number of ether oxygens (including phenoxy) is 1. The normalized spacial score (nSPS) is 10.5. The molecule has 0 amide bonds.